The fourth-order valence-electron chi connectivity index (χ4n) is 2.32. The molecule has 0 fully saturated rings. The Morgan fingerprint density at radius 2 is 1.89 bits per heavy atom. The van der Waals surface area contributed by atoms with Gasteiger partial charge >= 0.3 is 0 Å². The van der Waals surface area contributed by atoms with E-state index in [9.17, 15) is 4.79 Å². The number of carbonyl (C=O) groups is 1. The third-order valence-electron chi connectivity index (χ3n) is 3.74. The number of aromatic nitrogens is 2. The molecule has 0 bridgehead atoms. The Morgan fingerprint density at radius 3 is 2.63 bits per heavy atom. The van der Waals surface area contributed by atoms with Crippen LogP contribution in [-0.2, 0) is 0 Å². The SMILES string of the molecule is Cc1cc(Cl)ccc1Nc1ncnc(NNC(=O)c2ccccc2Br)c1N. The summed E-state index contributed by atoms with van der Waals surface area (Å²) < 4.78 is 0.681. The van der Waals surface area contributed by atoms with Gasteiger partial charge in [0.15, 0.2) is 11.6 Å². The molecular weight excluding hydrogens is 432 g/mol. The van der Waals surface area contributed by atoms with Crippen molar-refractivity contribution in [3.63, 3.8) is 0 Å². The van der Waals surface area contributed by atoms with Crippen molar-refractivity contribution in [3.05, 3.63) is 69.4 Å². The van der Waals surface area contributed by atoms with Crippen LogP contribution in [0.1, 0.15) is 15.9 Å². The summed E-state index contributed by atoms with van der Waals surface area (Å²) >= 11 is 9.32. The van der Waals surface area contributed by atoms with Gasteiger partial charge in [0.05, 0.1) is 5.56 Å². The lowest BCUT2D eigenvalue weighted by atomic mass is 10.2. The maximum absolute atomic E-state index is 12.3. The van der Waals surface area contributed by atoms with Gasteiger partial charge < -0.3 is 11.1 Å². The highest BCUT2D eigenvalue weighted by Gasteiger charge is 2.12. The van der Waals surface area contributed by atoms with Crippen LogP contribution in [0.25, 0.3) is 0 Å². The van der Waals surface area contributed by atoms with E-state index in [1.54, 1.807) is 24.3 Å². The normalized spacial score (nSPS) is 10.3. The lowest BCUT2D eigenvalue weighted by Gasteiger charge is -2.14. The van der Waals surface area contributed by atoms with Crippen molar-refractivity contribution in [3.8, 4) is 0 Å². The van der Waals surface area contributed by atoms with Crippen LogP contribution in [0, 0.1) is 6.92 Å². The van der Waals surface area contributed by atoms with Gasteiger partial charge in [-0.25, -0.2) is 9.97 Å². The van der Waals surface area contributed by atoms with E-state index >= 15 is 0 Å². The van der Waals surface area contributed by atoms with E-state index in [0.717, 1.165) is 11.3 Å². The summed E-state index contributed by atoms with van der Waals surface area (Å²) in [5.74, 6) is 0.358. The molecule has 0 aliphatic carbocycles. The maximum Gasteiger partial charge on any atom is 0.270 e. The molecule has 1 heterocycles. The van der Waals surface area contributed by atoms with Gasteiger partial charge in [-0.3, -0.25) is 15.6 Å². The van der Waals surface area contributed by atoms with Crippen LogP contribution in [0.2, 0.25) is 5.02 Å². The van der Waals surface area contributed by atoms with Crippen LogP contribution in [0.5, 0.6) is 0 Å². The number of nitrogens with two attached hydrogens (primary N) is 1. The second-order valence-corrected chi connectivity index (χ2v) is 6.92. The largest absolute Gasteiger partial charge is 0.393 e. The average molecular weight is 448 g/mol. The van der Waals surface area contributed by atoms with Crippen LogP contribution in [-0.4, -0.2) is 15.9 Å². The number of hydrogen-bond donors (Lipinski definition) is 4. The lowest BCUT2D eigenvalue weighted by Crippen LogP contribution is -2.30. The van der Waals surface area contributed by atoms with Crippen molar-refractivity contribution in [2.75, 3.05) is 16.5 Å². The van der Waals surface area contributed by atoms with Crippen molar-refractivity contribution in [2.45, 2.75) is 6.92 Å². The molecule has 138 valence electrons. The monoisotopic (exact) mass is 446 g/mol. The van der Waals surface area contributed by atoms with E-state index in [2.05, 4.69) is 42.1 Å². The molecule has 0 saturated carbocycles. The van der Waals surface area contributed by atoms with Crippen LogP contribution >= 0.6 is 27.5 Å². The quantitative estimate of drug-likeness (QED) is 0.435. The Morgan fingerprint density at radius 1 is 1.15 bits per heavy atom. The van der Waals surface area contributed by atoms with Gasteiger partial charge in [0.1, 0.15) is 12.0 Å². The molecule has 0 radical (unpaired) electrons. The standard InChI is InChI=1S/C18H16BrClN6O/c1-10-8-11(20)6-7-14(10)24-16-15(21)17(23-9-22-16)25-26-18(27)12-4-2-3-5-13(12)19/h2-9H,21H2,1H3,(H,26,27)(H2,22,23,24,25). The van der Waals surface area contributed by atoms with E-state index in [1.807, 2.05) is 25.1 Å². The van der Waals surface area contributed by atoms with E-state index in [1.165, 1.54) is 6.33 Å². The van der Waals surface area contributed by atoms with Gasteiger partial charge in [-0.15, -0.1) is 0 Å². The number of nitrogens with one attached hydrogen (secondary N) is 3. The zero-order valence-electron chi connectivity index (χ0n) is 14.3. The molecule has 0 unspecified atom stereocenters. The number of benzene rings is 2. The molecule has 0 atom stereocenters. The number of halogens is 2. The smallest absolute Gasteiger partial charge is 0.270 e. The van der Waals surface area contributed by atoms with Crippen molar-refractivity contribution in [1.82, 2.24) is 15.4 Å². The summed E-state index contributed by atoms with van der Waals surface area (Å²) in [6, 6.07) is 12.5. The fraction of sp³-hybridized carbons (Fsp3) is 0.0556. The summed E-state index contributed by atoms with van der Waals surface area (Å²) in [6.07, 6.45) is 1.34. The van der Waals surface area contributed by atoms with Gasteiger partial charge in [-0.2, -0.15) is 0 Å². The van der Waals surface area contributed by atoms with E-state index in [-0.39, 0.29) is 17.4 Å². The zero-order chi connectivity index (χ0) is 19.4. The minimum atomic E-state index is -0.330. The molecular formula is C18H16BrClN6O. The predicted octanol–water partition coefficient (Wildman–Crippen LogP) is 4.28. The first kappa shape index (κ1) is 18.9. The predicted molar refractivity (Wildman–Crippen MR) is 111 cm³/mol. The summed E-state index contributed by atoms with van der Waals surface area (Å²) in [5, 5.41) is 3.79. The van der Waals surface area contributed by atoms with Crippen molar-refractivity contribution in [1.29, 1.82) is 0 Å². The number of hydrogen-bond acceptors (Lipinski definition) is 6. The van der Waals surface area contributed by atoms with Gasteiger partial charge in [0, 0.05) is 15.2 Å². The number of carbonyl (C=O) groups excluding carboxylic acids is 1. The van der Waals surface area contributed by atoms with Crippen molar-refractivity contribution >= 4 is 56.4 Å². The highest BCUT2D eigenvalue weighted by Crippen LogP contribution is 2.28. The van der Waals surface area contributed by atoms with Crippen LogP contribution in [0.4, 0.5) is 23.0 Å². The molecule has 27 heavy (non-hydrogen) atoms. The van der Waals surface area contributed by atoms with Gasteiger partial charge in [0.2, 0.25) is 0 Å². The van der Waals surface area contributed by atoms with E-state index in [4.69, 9.17) is 17.3 Å². The topological polar surface area (TPSA) is 105 Å². The Hall–Kier alpha value is -2.84. The molecule has 1 amide bonds. The third kappa shape index (κ3) is 4.47. The van der Waals surface area contributed by atoms with Gasteiger partial charge in [-0.1, -0.05) is 23.7 Å². The molecule has 2 aromatic carbocycles. The first-order valence-corrected chi connectivity index (χ1v) is 9.07. The molecule has 0 aliphatic heterocycles. The molecule has 7 nitrogen and oxygen atoms in total. The number of aryl methyl sites for hydroxylation is 1. The number of amides is 1. The van der Waals surface area contributed by atoms with Crippen molar-refractivity contribution < 1.29 is 4.79 Å². The van der Waals surface area contributed by atoms with Gasteiger partial charge in [-0.05, 0) is 58.7 Å². The summed E-state index contributed by atoms with van der Waals surface area (Å²) in [6.45, 7) is 1.92. The van der Waals surface area contributed by atoms with Gasteiger partial charge in [0.25, 0.3) is 5.91 Å². The molecule has 3 aromatic rings. The lowest BCUT2D eigenvalue weighted by molar-refractivity contribution is 0.0962. The average Bonchev–Trinajstić information content (AvgIpc) is 2.64. The van der Waals surface area contributed by atoms with Crippen molar-refractivity contribution in [2.24, 2.45) is 0 Å². The summed E-state index contributed by atoms with van der Waals surface area (Å²) in [4.78, 5) is 20.5. The second kappa shape index (κ2) is 8.24. The Balaban J connectivity index is 1.75. The molecule has 0 aliphatic rings. The molecule has 9 heteroatoms. The second-order valence-electron chi connectivity index (χ2n) is 5.63. The minimum Gasteiger partial charge on any atom is -0.393 e. The Labute approximate surface area is 169 Å². The maximum atomic E-state index is 12.3. The summed E-state index contributed by atoms with van der Waals surface area (Å²) in [7, 11) is 0. The molecule has 5 N–H and O–H groups in total. The van der Waals surface area contributed by atoms with Crippen LogP contribution in [0.15, 0.2) is 53.3 Å². The van der Waals surface area contributed by atoms with E-state index in [0.29, 0.717) is 20.9 Å². The highest BCUT2D eigenvalue weighted by atomic mass is 79.9. The third-order valence-corrected chi connectivity index (χ3v) is 4.66. The highest BCUT2D eigenvalue weighted by molar-refractivity contribution is 9.10. The summed E-state index contributed by atoms with van der Waals surface area (Å²) in [5.41, 5.74) is 13.9. The molecule has 1 aromatic heterocycles. The molecule has 0 spiro atoms. The number of nitrogen functional groups attached to an aromatic ring is 1. The number of anilines is 4. The number of nitrogens with zero attached hydrogens (tertiary/aromatic N) is 2. The van der Waals surface area contributed by atoms with E-state index < -0.39 is 0 Å². The van der Waals surface area contributed by atoms with Crippen LogP contribution in [0.3, 0.4) is 0 Å². The Kier molecular flexibility index (Phi) is 5.78. The fourth-order valence-corrected chi connectivity index (χ4v) is 3.01. The van der Waals surface area contributed by atoms with Crippen LogP contribution < -0.4 is 21.9 Å². The minimum absolute atomic E-state index is 0.263. The first-order valence-electron chi connectivity index (χ1n) is 7.90. The molecule has 0 saturated heterocycles. The number of hydrazine groups is 1. The Bertz CT molecular complexity index is 997. The molecule has 3 rings (SSSR count). The zero-order valence-corrected chi connectivity index (χ0v) is 16.6. The first-order chi connectivity index (χ1) is 13.0. The number of rotatable bonds is 5.